The van der Waals surface area contributed by atoms with Crippen molar-refractivity contribution in [1.82, 2.24) is 4.90 Å². The van der Waals surface area contributed by atoms with Gasteiger partial charge >= 0.3 is 0 Å². The third-order valence-electron chi connectivity index (χ3n) is 4.49. The van der Waals surface area contributed by atoms with Crippen molar-refractivity contribution in [3.05, 3.63) is 0 Å². The molecule has 0 aromatic carbocycles. The third kappa shape index (κ3) is 2.86. The lowest BCUT2D eigenvalue weighted by atomic mass is 9.87. The molecule has 0 N–H and O–H groups in total. The quantitative estimate of drug-likeness (QED) is 0.712. The minimum absolute atomic E-state index is 0.348. The van der Waals surface area contributed by atoms with E-state index < -0.39 is 0 Å². The number of amides is 1. The monoisotopic (exact) mass is 301 g/mol. The Labute approximate surface area is 113 Å². The average Bonchev–Trinajstić information content (AvgIpc) is 2.90. The van der Waals surface area contributed by atoms with Crippen molar-refractivity contribution >= 4 is 21.8 Å². The Morgan fingerprint density at radius 2 is 2.12 bits per heavy atom. The Morgan fingerprint density at radius 1 is 1.35 bits per heavy atom. The summed E-state index contributed by atoms with van der Waals surface area (Å²) in [6, 6.07) is 0.348. The fourth-order valence-corrected chi connectivity index (χ4v) is 3.86. The van der Waals surface area contributed by atoms with Crippen molar-refractivity contribution in [3.63, 3.8) is 0 Å². The minimum atomic E-state index is 0.348. The molecule has 2 aliphatic carbocycles. The van der Waals surface area contributed by atoms with E-state index in [9.17, 15) is 4.79 Å². The van der Waals surface area contributed by atoms with Crippen LogP contribution in [0, 0.1) is 17.8 Å². The van der Waals surface area contributed by atoms with Crippen LogP contribution in [-0.2, 0) is 4.79 Å². The first kappa shape index (κ1) is 13.4. The number of hydrogen-bond donors (Lipinski definition) is 0. The van der Waals surface area contributed by atoms with Crippen molar-refractivity contribution in [2.45, 2.75) is 52.0 Å². The van der Waals surface area contributed by atoms with Crippen LogP contribution >= 0.6 is 15.9 Å². The van der Waals surface area contributed by atoms with Gasteiger partial charge in [0.25, 0.3) is 0 Å². The summed E-state index contributed by atoms with van der Waals surface area (Å²) >= 11 is 3.45. The Balaban J connectivity index is 1.96. The van der Waals surface area contributed by atoms with Crippen molar-refractivity contribution in [1.29, 1.82) is 0 Å². The zero-order valence-corrected chi connectivity index (χ0v) is 12.6. The van der Waals surface area contributed by atoms with Gasteiger partial charge in [-0.15, -0.1) is 0 Å². The first-order valence-corrected chi connectivity index (χ1v) is 8.12. The molecule has 1 amide bonds. The van der Waals surface area contributed by atoms with Gasteiger partial charge in [-0.3, -0.25) is 4.79 Å². The molecule has 17 heavy (non-hydrogen) atoms. The summed E-state index contributed by atoms with van der Waals surface area (Å²) in [5.74, 6) is 2.36. The highest BCUT2D eigenvalue weighted by atomic mass is 79.9. The Kier molecular flexibility index (Phi) is 4.51. The fraction of sp³-hybridized carbons (Fsp3) is 0.929. The molecule has 2 bridgehead atoms. The van der Waals surface area contributed by atoms with E-state index in [4.69, 9.17) is 0 Å². The summed E-state index contributed by atoms with van der Waals surface area (Å²) in [6.45, 7) is 5.19. The molecule has 3 atom stereocenters. The molecule has 2 saturated carbocycles. The predicted molar refractivity (Wildman–Crippen MR) is 74.2 cm³/mol. The van der Waals surface area contributed by atoms with Crippen LogP contribution in [0.4, 0.5) is 0 Å². The zero-order valence-electron chi connectivity index (χ0n) is 11.0. The van der Waals surface area contributed by atoms with Crippen molar-refractivity contribution < 1.29 is 4.79 Å². The summed E-state index contributed by atoms with van der Waals surface area (Å²) in [4.78, 5) is 14.7. The molecule has 2 fully saturated rings. The van der Waals surface area contributed by atoms with Gasteiger partial charge in [-0.25, -0.2) is 0 Å². The van der Waals surface area contributed by atoms with Gasteiger partial charge in [0.1, 0.15) is 0 Å². The number of carbonyl (C=O) groups is 1. The first-order valence-electron chi connectivity index (χ1n) is 7.00. The van der Waals surface area contributed by atoms with Crippen molar-refractivity contribution in [2.24, 2.45) is 17.8 Å². The number of rotatable bonds is 5. The second-order valence-electron chi connectivity index (χ2n) is 5.95. The summed E-state index contributed by atoms with van der Waals surface area (Å²) in [5.41, 5.74) is 0. The van der Waals surface area contributed by atoms with E-state index in [-0.39, 0.29) is 0 Å². The Morgan fingerprint density at radius 3 is 2.59 bits per heavy atom. The van der Waals surface area contributed by atoms with E-state index in [2.05, 4.69) is 34.7 Å². The van der Waals surface area contributed by atoms with Crippen LogP contribution in [0.15, 0.2) is 0 Å². The van der Waals surface area contributed by atoms with Crippen molar-refractivity contribution in [2.75, 3.05) is 11.9 Å². The van der Waals surface area contributed by atoms with Gasteiger partial charge in [-0.05, 0) is 51.4 Å². The maximum atomic E-state index is 12.6. The lowest BCUT2D eigenvalue weighted by molar-refractivity contribution is -0.139. The van der Waals surface area contributed by atoms with Crippen LogP contribution in [0.2, 0.25) is 0 Å². The molecular weight excluding hydrogens is 278 g/mol. The molecule has 0 aromatic rings. The predicted octanol–water partition coefficient (Wildman–Crippen LogP) is 3.44. The smallest absolute Gasteiger partial charge is 0.226 e. The Hall–Kier alpha value is -0.0500. The summed E-state index contributed by atoms with van der Waals surface area (Å²) in [6.07, 6.45) is 6.22. The molecule has 2 rings (SSSR count). The molecule has 0 saturated heterocycles. The van der Waals surface area contributed by atoms with Gasteiger partial charge in [0, 0.05) is 23.8 Å². The summed E-state index contributed by atoms with van der Waals surface area (Å²) < 4.78 is 0. The fourth-order valence-electron chi connectivity index (χ4n) is 3.61. The van der Waals surface area contributed by atoms with Gasteiger partial charge in [0.2, 0.25) is 5.91 Å². The van der Waals surface area contributed by atoms with Crippen LogP contribution in [-0.4, -0.2) is 28.7 Å². The molecule has 2 aliphatic rings. The molecule has 0 aromatic heterocycles. The zero-order chi connectivity index (χ0) is 12.4. The molecule has 98 valence electrons. The van der Waals surface area contributed by atoms with Gasteiger partial charge < -0.3 is 4.90 Å². The first-order chi connectivity index (χ1) is 8.13. The highest BCUT2D eigenvalue weighted by molar-refractivity contribution is 9.09. The maximum absolute atomic E-state index is 12.6. The number of hydrogen-bond acceptors (Lipinski definition) is 1. The van der Waals surface area contributed by atoms with Gasteiger partial charge in [-0.1, -0.05) is 22.4 Å². The van der Waals surface area contributed by atoms with E-state index in [1.165, 1.54) is 25.7 Å². The molecule has 2 nitrogen and oxygen atoms in total. The average molecular weight is 302 g/mol. The molecule has 0 spiro atoms. The largest absolute Gasteiger partial charge is 0.340 e. The lowest BCUT2D eigenvalue weighted by Gasteiger charge is -2.32. The standard InChI is InChI=1S/C14H24BrNO/c1-10(2)16(7-3-6-15)14(17)13-9-11-4-5-12(13)8-11/h10-13H,3-9H2,1-2H3. The van der Waals surface area contributed by atoms with Crippen LogP contribution in [0.1, 0.15) is 46.0 Å². The number of fused-ring (bicyclic) bond motifs is 2. The molecule has 0 aliphatic heterocycles. The second kappa shape index (κ2) is 5.73. The number of nitrogens with zero attached hydrogens (tertiary/aromatic N) is 1. The molecular formula is C14H24BrNO. The maximum Gasteiger partial charge on any atom is 0.226 e. The summed E-state index contributed by atoms with van der Waals surface area (Å²) in [7, 11) is 0. The SMILES string of the molecule is CC(C)N(CCCBr)C(=O)C1CC2CCC1C2. The lowest BCUT2D eigenvalue weighted by Crippen LogP contribution is -2.43. The van der Waals surface area contributed by atoms with E-state index >= 15 is 0 Å². The van der Waals surface area contributed by atoms with Gasteiger partial charge in [0.15, 0.2) is 0 Å². The van der Waals surface area contributed by atoms with Gasteiger partial charge in [-0.2, -0.15) is 0 Å². The molecule has 0 radical (unpaired) electrons. The minimum Gasteiger partial charge on any atom is -0.340 e. The molecule has 3 heteroatoms. The normalized spacial score (nSPS) is 31.2. The highest BCUT2D eigenvalue weighted by Crippen LogP contribution is 2.49. The second-order valence-corrected chi connectivity index (χ2v) is 6.74. The molecule has 0 heterocycles. The van der Waals surface area contributed by atoms with Crippen LogP contribution in [0.5, 0.6) is 0 Å². The van der Waals surface area contributed by atoms with Crippen LogP contribution < -0.4 is 0 Å². The summed E-state index contributed by atoms with van der Waals surface area (Å²) in [5, 5.41) is 0.986. The topological polar surface area (TPSA) is 20.3 Å². The number of halogens is 1. The van der Waals surface area contributed by atoms with Crippen LogP contribution in [0.3, 0.4) is 0 Å². The molecule has 3 unspecified atom stereocenters. The number of carbonyl (C=O) groups excluding carboxylic acids is 1. The third-order valence-corrected chi connectivity index (χ3v) is 5.06. The van der Waals surface area contributed by atoms with Gasteiger partial charge in [0.05, 0.1) is 0 Å². The Bertz CT molecular complexity index is 279. The van der Waals surface area contributed by atoms with E-state index in [0.29, 0.717) is 23.8 Å². The van der Waals surface area contributed by atoms with Crippen molar-refractivity contribution in [3.8, 4) is 0 Å². The van der Waals surface area contributed by atoms with Crippen LogP contribution in [0.25, 0.3) is 0 Å². The van der Waals surface area contributed by atoms with E-state index in [1.807, 2.05) is 0 Å². The van der Waals surface area contributed by atoms with E-state index in [1.54, 1.807) is 0 Å². The van der Waals surface area contributed by atoms with E-state index in [0.717, 1.165) is 24.2 Å². The highest BCUT2D eigenvalue weighted by Gasteiger charge is 2.44. The number of alkyl halides is 1.